The van der Waals surface area contributed by atoms with Crippen molar-refractivity contribution in [3.63, 3.8) is 0 Å². The van der Waals surface area contributed by atoms with E-state index in [0.29, 0.717) is 45.8 Å². The predicted molar refractivity (Wildman–Crippen MR) is 143 cm³/mol. The van der Waals surface area contributed by atoms with Crippen molar-refractivity contribution < 1.29 is 33.0 Å². The summed E-state index contributed by atoms with van der Waals surface area (Å²) in [5.74, 6) is -1.34. The maximum atomic E-state index is 14.4. The molecule has 2 N–H and O–H groups in total. The van der Waals surface area contributed by atoms with Gasteiger partial charge in [0, 0.05) is 30.1 Å². The zero-order chi connectivity index (χ0) is 28.5. The minimum Gasteiger partial charge on any atom is -0.478 e. The minimum absolute atomic E-state index is 0.0437. The van der Waals surface area contributed by atoms with Crippen LogP contribution in [0.25, 0.3) is 10.9 Å². The zero-order valence-electron chi connectivity index (χ0n) is 22.4. The number of hydrogen-bond donors (Lipinski definition) is 2. The van der Waals surface area contributed by atoms with E-state index in [9.17, 15) is 23.5 Å². The second-order valence-electron chi connectivity index (χ2n) is 9.80. The van der Waals surface area contributed by atoms with Gasteiger partial charge in [-0.15, -0.1) is 0 Å². The number of carbonyl (C=O) groups is 2. The third-order valence-electron chi connectivity index (χ3n) is 6.46. The first kappa shape index (κ1) is 27.6. The monoisotopic (exact) mass is 536 g/mol. The van der Waals surface area contributed by atoms with E-state index in [1.165, 1.54) is 38.1 Å². The van der Waals surface area contributed by atoms with Crippen molar-refractivity contribution in [2.24, 2.45) is 0 Å². The summed E-state index contributed by atoms with van der Waals surface area (Å²) in [6.07, 6.45) is 0. The van der Waals surface area contributed by atoms with E-state index in [2.05, 4.69) is 5.32 Å². The highest BCUT2D eigenvalue weighted by Crippen LogP contribution is 2.31. The summed E-state index contributed by atoms with van der Waals surface area (Å²) in [4.78, 5) is 24.5. The average Bonchev–Trinajstić information content (AvgIpc) is 3.14. The van der Waals surface area contributed by atoms with Crippen molar-refractivity contribution in [2.45, 2.75) is 53.3 Å². The van der Waals surface area contributed by atoms with E-state index in [1.807, 2.05) is 11.5 Å². The first-order valence-electron chi connectivity index (χ1n) is 12.5. The lowest BCUT2D eigenvalue weighted by Crippen LogP contribution is -2.38. The number of aliphatic carboxylic acids is 1. The molecule has 39 heavy (non-hydrogen) atoms. The average molecular weight is 537 g/mol. The number of carboxylic acid groups (broad SMARTS) is 1. The first-order chi connectivity index (χ1) is 18.4. The van der Waals surface area contributed by atoms with E-state index in [4.69, 9.17) is 9.47 Å². The molecular weight excluding hydrogens is 506 g/mol. The lowest BCUT2D eigenvalue weighted by molar-refractivity contribution is -0.152. The molecule has 0 saturated carbocycles. The summed E-state index contributed by atoms with van der Waals surface area (Å²) in [5, 5.41) is 12.8. The molecule has 0 saturated heterocycles. The number of hydrogen-bond acceptors (Lipinski definition) is 4. The summed E-state index contributed by atoms with van der Waals surface area (Å²) in [5.41, 5.74) is 1.58. The molecule has 1 heterocycles. The topological polar surface area (TPSA) is 89.8 Å². The Morgan fingerprint density at radius 1 is 0.974 bits per heavy atom. The third-order valence-corrected chi connectivity index (χ3v) is 6.46. The maximum absolute atomic E-state index is 14.4. The highest BCUT2D eigenvalue weighted by molar-refractivity contribution is 6.01. The van der Waals surface area contributed by atoms with Crippen molar-refractivity contribution in [3.8, 4) is 17.2 Å². The van der Waals surface area contributed by atoms with Crippen LogP contribution in [-0.4, -0.2) is 27.2 Å². The molecule has 0 aliphatic heterocycles. The number of aryl methyl sites for hydroxylation is 3. The maximum Gasteiger partial charge on any atom is 0.347 e. The van der Waals surface area contributed by atoms with Crippen LogP contribution in [0.5, 0.6) is 17.2 Å². The molecule has 0 fully saturated rings. The van der Waals surface area contributed by atoms with Gasteiger partial charge < -0.3 is 24.5 Å². The summed E-state index contributed by atoms with van der Waals surface area (Å²) < 4.78 is 41.5. The van der Waals surface area contributed by atoms with Gasteiger partial charge in [-0.25, -0.2) is 13.6 Å². The lowest BCUT2D eigenvalue weighted by atomic mass is 10.1. The third kappa shape index (κ3) is 5.87. The SMILES string of the molecule is CCn1c(C(=O)NCc2cc(F)cc(Oc3ccc(OC(C)(C)C(=O)O)c(C)c3)c2)c(C)c2cc(F)ccc21. The largest absolute Gasteiger partial charge is 0.478 e. The van der Waals surface area contributed by atoms with E-state index in [-0.39, 0.29) is 24.0 Å². The lowest BCUT2D eigenvalue weighted by Gasteiger charge is -2.23. The Morgan fingerprint density at radius 2 is 1.72 bits per heavy atom. The van der Waals surface area contributed by atoms with Crippen molar-refractivity contribution in [3.05, 3.63) is 88.6 Å². The molecule has 1 amide bonds. The minimum atomic E-state index is -1.41. The van der Waals surface area contributed by atoms with Crippen LogP contribution in [0.3, 0.4) is 0 Å². The molecule has 0 aliphatic rings. The van der Waals surface area contributed by atoms with Crippen LogP contribution in [0.2, 0.25) is 0 Å². The number of fused-ring (bicyclic) bond motifs is 1. The number of carboxylic acids is 1. The molecular formula is C30H30F2N2O5. The van der Waals surface area contributed by atoms with Crippen LogP contribution < -0.4 is 14.8 Å². The number of carbonyl (C=O) groups excluding carboxylic acids is 1. The molecule has 204 valence electrons. The number of nitrogens with zero attached hydrogens (tertiary/aromatic N) is 1. The Kier molecular flexibility index (Phi) is 7.63. The number of aromatic nitrogens is 1. The van der Waals surface area contributed by atoms with Crippen LogP contribution in [0.15, 0.2) is 54.6 Å². The number of nitrogens with one attached hydrogen (secondary N) is 1. The van der Waals surface area contributed by atoms with Gasteiger partial charge in [0.2, 0.25) is 0 Å². The molecule has 3 aromatic carbocycles. The van der Waals surface area contributed by atoms with E-state index < -0.39 is 17.4 Å². The number of benzene rings is 3. The molecule has 7 nitrogen and oxygen atoms in total. The number of rotatable bonds is 9. The van der Waals surface area contributed by atoms with Gasteiger partial charge in [-0.1, -0.05) is 0 Å². The molecule has 1 aromatic heterocycles. The van der Waals surface area contributed by atoms with Gasteiger partial charge in [-0.3, -0.25) is 4.79 Å². The van der Waals surface area contributed by atoms with Gasteiger partial charge in [0.25, 0.3) is 5.91 Å². The molecule has 0 atom stereocenters. The van der Waals surface area contributed by atoms with Gasteiger partial charge in [0.15, 0.2) is 5.60 Å². The van der Waals surface area contributed by atoms with Gasteiger partial charge in [-0.2, -0.15) is 0 Å². The molecule has 9 heteroatoms. The fourth-order valence-electron chi connectivity index (χ4n) is 4.42. The van der Waals surface area contributed by atoms with Gasteiger partial charge in [-0.05, 0) is 99.8 Å². The highest BCUT2D eigenvalue weighted by Gasteiger charge is 2.30. The smallest absolute Gasteiger partial charge is 0.347 e. The zero-order valence-corrected chi connectivity index (χ0v) is 22.4. The summed E-state index contributed by atoms with van der Waals surface area (Å²) >= 11 is 0. The summed E-state index contributed by atoms with van der Waals surface area (Å²) in [6.45, 7) is 8.90. The summed E-state index contributed by atoms with van der Waals surface area (Å²) in [6, 6.07) is 13.4. The quantitative estimate of drug-likeness (QED) is 0.254. The Labute approximate surface area is 225 Å². The molecule has 0 spiro atoms. The molecule has 4 rings (SSSR count). The Balaban J connectivity index is 1.50. The Bertz CT molecular complexity index is 1580. The van der Waals surface area contributed by atoms with Crippen LogP contribution in [0.1, 0.15) is 48.0 Å². The van der Waals surface area contributed by atoms with Crippen molar-refractivity contribution in [2.75, 3.05) is 0 Å². The first-order valence-corrected chi connectivity index (χ1v) is 12.5. The molecule has 0 bridgehead atoms. The number of ether oxygens (including phenoxy) is 2. The Hall–Kier alpha value is -4.40. The molecule has 4 aromatic rings. The van der Waals surface area contributed by atoms with Gasteiger partial charge >= 0.3 is 5.97 Å². The van der Waals surface area contributed by atoms with Crippen LogP contribution in [0.4, 0.5) is 8.78 Å². The van der Waals surface area contributed by atoms with Crippen LogP contribution in [-0.2, 0) is 17.9 Å². The van der Waals surface area contributed by atoms with E-state index in [1.54, 1.807) is 44.2 Å². The fourth-order valence-corrected chi connectivity index (χ4v) is 4.42. The van der Waals surface area contributed by atoms with Gasteiger partial charge in [0.1, 0.15) is 34.6 Å². The van der Waals surface area contributed by atoms with Gasteiger partial charge in [0.05, 0.1) is 0 Å². The summed E-state index contributed by atoms with van der Waals surface area (Å²) in [7, 11) is 0. The second-order valence-corrected chi connectivity index (χ2v) is 9.80. The number of halogens is 2. The molecule has 0 unspecified atom stereocenters. The van der Waals surface area contributed by atoms with E-state index in [0.717, 1.165) is 5.52 Å². The Morgan fingerprint density at radius 3 is 2.38 bits per heavy atom. The van der Waals surface area contributed by atoms with E-state index >= 15 is 0 Å². The molecule has 0 aliphatic carbocycles. The second kappa shape index (κ2) is 10.8. The van der Waals surface area contributed by atoms with Crippen molar-refractivity contribution >= 4 is 22.8 Å². The van der Waals surface area contributed by atoms with Crippen LogP contribution in [0, 0.1) is 25.5 Å². The van der Waals surface area contributed by atoms with Crippen molar-refractivity contribution in [1.82, 2.24) is 9.88 Å². The van der Waals surface area contributed by atoms with Crippen LogP contribution >= 0.6 is 0 Å². The van der Waals surface area contributed by atoms with Crippen molar-refractivity contribution in [1.29, 1.82) is 0 Å². The fraction of sp³-hybridized carbons (Fsp3) is 0.267. The normalized spacial score (nSPS) is 11.5. The molecule has 0 radical (unpaired) electrons. The predicted octanol–water partition coefficient (Wildman–Crippen LogP) is 6.52. The standard InChI is InChI=1S/C30H30F2N2O5/c1-6-34-25-9-7-20(31)15-24(25)18(3)27(34)28(35)33-16-19-12-21(32)14-23(13-19)38-22-8-10-26(17(2)11-22)39-30(4,5)29(36)37/h7-15H,6,16H2,1-5H3,(H,33,35)(H,36,37). The highest BCUT2D eigenvalue weighted by atomic mass is 19.1. The number of amides is 1.